The van der Waals surface area contributed by atoms with E-state index in [0.29, 0.717) is 12.4 Å². The molecule has 0 saturated heterocycles. The molecule has 0 bridgehead atoms. The highest BCUT2D eigenvalue weighted by Crippen LogP contribution is 2.38. The van der Waals surface area contributed by atoms with Gasteiger partial charge in [0.2, 0.25) is 5.91 Å². The molecule has 1 aliphatic rings. The van der Waals surface area contributed by atoms with E-state index in [1.165, 1.54) is 0 Å². The number of rotatable bonds is 4. The van der Waals surface area contributed by atoms with Crippen molar-refractivity contribution in [3.8, 4) is 11.4 Å². The molecule has 1 aromatic carbocycles. The van der Waals surface area contributed by atoms with Gasteiger partial charge in [-0.15, -0.1) is 5.10 Å². The minimum absolute atomic E-state index is 0.0146. The summed E-state index contributed by atoms with van der Waals surface area (Å²) in [7, 11) is 1.78. The summed E-state index contributed by atoms with van der Waals surface area (Å²) in [5, 5.41) is 14.4. The van der Waals surface area contributed by atoms with E-state index in [1.807, 2.05) is 24.3 Å². The van der Waals surface area contributed by atoms with Gasteiger partial charge in [-0.1, -0.05) is 25.0 Å². The Balaban J connectivity index is 1.81. The van der Waals surface area contributed by atoms with Gasteiger partial charge in [-0.3, -0.25) is 4.79 Å². The molecular formula is C15H20N6O. The summed E-state index contributed by atoms with van der Waals surface area (Å²) >= 11 is 0. The molecule has 3 rings (SSSR count). The number of benzene rings is 1. The van der Waals surface area contributed by atoms with Gasteiger partial charge in [0.15, 0.2) is 5.82 Å². The van der Waals surface area contributed by atoms with Crippen molar-refractivity contribution in [1.82, 2.24) is 20.2 Å². The minimum Gasteiger partial charge on any atom is -0.329 e. The predicted molar refractivity (Wildman–Crippen MR) is 82.8 cm³/mol. The topological polar surface area (TPSA) is 98.7 Å². The van der Waals surface area contributed by atoms with E-state index in [4.69, 9.17) is 5.73 Å². The van der Waals surface area contributed by atoms with Crippen molar-refractivity contribution in [2.24, 2.45) is 18.2 Å². The molecule has 7 nitrogen and oxygen atoms in total. The largest absolute Gasteiger partial charge is 0.329 e. The van der Waals surface area contributed by atoms with Gasteiger partial charge in [0, 0.05) is 24.8 Å². The fraction of sp³-hybridized carbons (Fsp3) is 0.467. The van der Waals surface area contributed by atoms with E-state index in [1.54, 1.807) is 11.7 Å². The Morgan fingerprint density at radius 2 is 2.18 bits per heavy atom. The first-order chi connectivity index (χ1) is 10.6. The van der Waals surface area contributed by atoms with Crippen LogP contribution in [0, 0.1) is 5.41 Å². The molecule has 1 fully saturated rings. The van der Waals surface area contributed by atoms with E-state index < -0.39 is 5.41 Å². The number of nitrogens with two attached hydrogens (primary N) is 1. The van der Waals surface area contributed by atoms with Gasteiger partial charge in [-0.2, -0.15) is 0 Å². The van der Waals surface area contributed by atoms with Gasteiger partial charge in [0.1, 0.15) is 0 Å². The van der Waals surface area contributed by atoms with Crippen LogP contribution in [0.5, 0.6) is 0 Å². The quantitative estimate of drug-likeness (QED) is 0.887. The molecule has 3 N–H and O–H groups in total. The first-order valence-corrected chi connectivity index (χ1v) is 7.49. The Hall–Kier alpha value is -2.28. The van der Waals surface area contributed by atoms with Crippen molar-refractivity contribution < 1.29 is 4.79 Å². The minimum atomic E-state index is -0.414. The van der Waals surface area contributed by atoms with Crippen molar-refractivity contribution in [3.05, 3.63) is 24.3 Å². The molecule has 1 heterocycles. The van der Waals surface area contributed by atoms with Crippen molar-refractivity contribution in [3.63, 3.8) is 0 Å². The molecule has 1 amide bonds. The van der Waals surface area contributed by atoms with Gasteiger partial charge < -0.3 is 11.1 Å². The molecule has 1 saturated carbocycles. The summed E-state index contributed by atoms with van der Waals surface area (Å²) in [6.07, 6.45) is 3.86. The highest BCUT2D eigenvalue weighted by atomic mass is 16.2. The van der Waals surface area contributed by atoms with E-state index in [2.05, 4.69) is 20.8 Å². The summed E-state index contributed by atoms with van der Waals surface area (Å²) in [5.74, 6) is 0.672. The molecule has 1 aromatic heterocycles. The van der Waals surface area contributed by atoms with Gasteiger partial charge >= 0.3 is 0 Å². The van der Waals surface area contributed by atoms with E-state index in [9.17, 15) is 4.79 Å². The fourth-order valence-electron chi connectivity index (χ4n) is 3.05. The molecule has 7 heteroatoms. The van der Waals surface area contributed by atoms with Crippen molar-refractivity contribution in [2.45, 2.75) is 25.7 Å². The summed E-state index contributed by atoms with van der Waals surface area (Å²) in [5.41, 5.74) is 7.05. The number of nitrogens with zero attached hydrogens (tertiary/aromatic N) is 4. The Bertz CT molecular complexity index is 674. The Morgan fingerprint density at radius 3 is 2.82 bits per heavy atom. The lowest BCUT2D eigenvalue weighted by Gasteiger charge is -2.25. The molecule has 2 aromatic rings. The Kier molecular flexibility index (Phi) is 3.89. The SMILES string of the molecule is Cn1nnnc1-c1cccc(NC(=O)C2(CN)CCCC2)c1. The fourth-order valence-corrected chi connectivity index (χ4v) is 3.05. The van der Waals surface area contributed by atoms with Crippen LogP contribution in [-0.2, 0) is 11.8 Å². The van der Waals surface area contributed by atoms with Crippen LogP contribution < -0.4 is 11.1 Å². The second-order valence-corrected chi connectivity index (χ2v) is 5.85. The molecule has 0 unspecified atom stereocenters. The number of aromatic nitrogens is 4. The first kappa shape index (κ1) is 14.6. The monoisotopic (exact) mass is 300 g/mol. The van der Waals surface area contributed by atoms with Crippen LogP contribution in [0.4, 0.5) is 5.69 Å². The van der Waals surface area contributed by atoms with Gasteiger partial charge in [-0.25, -0.2) is 4.68 Å². The van der Waals surface area contributed by atoms with Crippen LogP contribution in [0.2, 0.25) is 0 Å². The van der Waals surface area contributed by atoms with Crippen molar-refractivity contribution >= 4 is 11.6 Å². The number of carbonyl (C=O) groups excluding carboxylic acids is 1. The molecular weight excluding hydrogens is 280 g/mol. The maximum atomic E-state index is 12.6. The highest BCUT2D eigenvalue weighted by Gasteiger charge is 2.39. The van der Waals surface area contributed by atoms with Crippen LogP contribution in [-0.4, -0.2) is 32.7 Å². The maximum absolute atomic E-state index is 12.6. The maximum Gasteiger partial charge on any atom is 0.231 e. The van der Waals surface area contributed by atoms with Gasteiger partial charge in [0.05, 0.1) is 5.41 Å². The second kappa shape index (κ2) is 5.84. The zero-order valence-electron chi connectivity index (χ0n) is 12.6. The van der Waals surface area contributed by atoms with Crippen LogP contribution >= 0.6 is 0 Å². The number of aryl methyl sites for hydroxylation is 1. The molecule has 0 spiro atoms. The van der Waals surface area contributed by atoms with Crippen LogP contribution in [0.25, 0.3) is 11.4 Å². The number of anilines is 1. The molecule has 0 radical (unpaired) electrons. The normalized spacial score (nSPS) is 16.6. The average Bonchev–Trinajstić information content (AvgIpc) is 3.17. The third-order valence-corrected chi connectivity index (χ3v) is 4.43. The number of amides is 1. The van der Waals surface area contributed by atoms with Crippen molar-refractivity contribution in [1.29, 1.82) is 0 Å². The third kappa shape index (κ3) is 2.59. The lowest BCUT2D eigenvalue weighted by molar-refractivity contribution is -0.124. The lowest BCUT2D eigenvalue weighted by Crippen LogP contribution is -2.40. The number of hydrogen-bond acceptors (Lipinski definition) is 5. The Morgan fingerprint density at radius 1 is 1.41 bits per heavy atom. The first-order valence-electron chi connectivity index (χ1n) is 7.49. The third-order valence-electron chi connectivity index (χ3n) is 4.43. The van der Waals surface area contributed by atoms with Crippen LogP contribution in [0.15, 0.2) is 24.3 Å². The standard InChI is InChI=1S/C15H20N6O/c1-21-13(18-19-20-21)11-5-4-6-12(9-11)17-14(22)15(10-16)7-2-3-8-15/h4-6,9H,2-3,7-8,10,16H2,1H3,(H,17,22). The predicted octanol–water partition coefficient (Wildman–Crippen LogP) is 1.33. The molecule has 1 aliphatic carbocycles. The summed E-state index contributed by atoms with van der Waals surface area (Å²) in [4.78, 5) is 12.6. The second-order valence-electron chi connectivity index (χ2n) is 5.85. The van der Waals surface area contributed by atoms with Gasteiger partial charge in [-0.05, 0) is 35.4 Å². The number of carbonyl (C=O) groups is 1. The smallest absolute Gasteiger partial charge is 0.231 e. The average molecular weight is 300 g/mol. The highest BCUT2D eigenvalue weighted by molar-refractivity contribution is 5.96. The molecule has 0 aliphatic heterocycles. The van der Waals surface area contributed by atoms with Crippen LogP contribution in [0.1, 0.15) is 25.7 Å². The van der Waals surface area contributed by atoms with E-state index in [0.717, 1.165) is 36.9 Å². The lowest BCUT2D eigenvalue weighted by atomic mass is 9.85. The van der Waals surface area contributed by atoms with Crippen LogP contribution in [0.3, 0.4) is 0 Å². The molecule has 22 heavy (non-hydrogen) atoms. The van der Waals surface area contributed by atoms with E-state index in [-0.39, 0.29) is 5.91 Å². The summed E-state index contributed by atoms with van der Waals surface area (Å²) in [6, 6.07) is 7.53. The molecule has 0 atom stereocenters. The number of nitrogens with one attached hydrogen (secondary N) is 1. The number of tetrazole rings is 1. The summed E-state index contributed by atoms with van der Waals surface area (Å²) < 4.78 is 1.60. The van der Waals surface area contributed by atoms with Crippen molar-refractivity contribution in [2.75, 3.05) is 11.9 Å². The number of hydrogen-bond donors (Lipinski definition) is 2. The summed E-state index contributed by atoms with van der Waals surface area (Å²) in [6.45, 7) is 0.395. The van der Waals surface area contributed by atoms with Gasteiger partial charge in [0.25, 0.3) is 0 Å². The zero-order valence-corrected chi connectivity index (χ0v) is 12.6. The van der Waals surface area contributed by atoms with E-state index >= 15 is 0 Å². The Labute approximate surface area is 128 Å². The zero-order chi connectivity index (χ0) is 15.6. The molecule has 116 valence electrons.